The summed E-state index contributed by atoms with van der Waals surface area (Å²) in [7, 11) is 4.82. The zero-order chi connectivity index (χ0) is 25.9. The van der Waals surface area contributed by atoms with Crippen molar-refractivity contribution >= 4 is 12.1 Å². The lowest BCUT2D eigenvalue weighted by atomic mass is 9.74. The minimum absolute atomic E-state index is 0.192. The van der Waals surface area contributed by atoms with Crippen LogP contribution in [0.4, 0.5) is 4.79 Å². The number of fused-ring (bicyclic) bond motifs is 3. The summed E-state index contributed by atoms with van der Waals surface area (Å²) in [6.45, 7) is 10.3. The monoisotopic (exact) mass is 490 g/mol. The molecule has 1 saturated heterocycles. The molecule has 2 heterocycles. The number of ether oxygens (including phenoxy) is 3. The lowest BCUT2D eigenvalue weighted by Gasteiger charge is -2.47. The van der Waals surface area contributed by atoms with Crippen molar-refractivity contribution in [1.29, 1.82) is 0 Å². The van der Waals surface area contributed by atoms with E-state index in [1.54, 1.807) is 28.1 Å². The third kappa shape index (κ3) is 6.02. The highest BCUT2D eigenvalue weighted by molar-refractivity contribution is 5.80. The largest absolute Gasteiger partial charge is 0.493 e. The third-order valence-electron chi connectivity index (χ3n) is 7.56. The standard InChI is InChI=1S/C27H42N2O6/c1-16(2)10-19-14-29-9-8-18-12-23(33-6)24(34-7)13-21(18)22(29)11-20(19)15-35-27(32)28(5)25(17(3)4)26(30)31/h12-13,16-17,19-20,22,25H,8-11,14-15H2,1-7H3,(H,30,31)/t19-,20+,22-,25?/m1/s1. The molecule has 0 saturated carbocycles. The van der Waals surface area contributed by atoms with Crippen LogP contribution >= 0.6 is 0 Å². The Morgan fingerprint density at radius 2 is 1.77 bits per heavy atom. The second-order valence-electron chi connectivity index (χ2n) is 10.8. The van der Waals surface area contributed by atoms with Gasteiger partial charge in [-0.05, 0) is 66.2 Å². The fraction of sp³-hybridized carbons (Fsp3) is 0.704. The first-order valence-electron chi connectivity index (χ1n) is 12.7. The smallest absolute Gasteiger partial charge is 0.410 e. The summed E-state index contributed by atoms with van der Waals surface area (Å²) in [5.74, 6) is 1.39. The number of hydrogen-bond donors (Lipinski definition) is 1. The molecular formula is C27H42N2O6. The topological polar surface area (TPSA) is 88.5 Å². The van der Waals surface area contributed by atoms with Gasteiger partial charge >= 0.3 is 12.1 Å². The van der Waals surface area contributed by atoms with E-state index < -0.39 is 18.1 Å². The number of methoxy groups -OCH3 is 2. The maximum atomic E-state index is 12.8. The van der Waals surface area contributed by atoms with E-state index in [2.05, 4.69) is 30.9 Å². The van der Waals surface area contributed by atoms with Crippen molar-refractivity contribution in [2.75, 3.05) is 41.0 Å². The number of nitrogens with zero attached hydrogens (tertiary/aromatic N) is 2. The number of amides is 1. The molecule has 1 unspecified atom stereocenters. The molecule has 8 heteroatoms. The Bertz CT molecular complexity index is 902. The van der Waals surface area contributed by atoms with Gasteiger partial charge in [0.1, 0.15) is 6.04 Å². The summed E-state index contributed by atoms with van der Waals surface area (Å²) in [5.41, 5.74) is 2.54. The summed E-state index contributed by atoms with van der Waals surface area (Å²) in [6, 6.07) is 3.51. The van der Waals surface area contributed by atoms with Gasteiger partial charge in [0.25, 0.3) is 0 Å². The van der Waals surface area contributed by atoms with Crippen LogP contribution in [0.15, 0.2) is 12.1 Å². The number of carbonyl (C=O) groups excluding carboxylic acids is 1. The molecule has 0 aromatic heterocycles. The summed E-state index contributed by atoms with van der Waals surface area (Å²) in [6.07, 6.45) is 2.33. The lowest BCUT2D eigenvalue weighted by Crippen LogP contribution is -2.49. The lowest BCUT2D eigenvalue weighted by molar-refractivity contribution is -0.143. The Morgan fingerprint density at radius 1 is 1.11 bits per heavy atom. The first-order chi connectivity index (χ1) is 16.6. The number of hydrogen-bond acceptors (Lipinski definition) is 6. The van der Waals surface area contributed by atoms with Crippen molar-refractivity contribution in [2.24, 2.45) is 23.7 Å². The zero-order valence-electron chi connectivity index (χ0n) is 22.2. The molecule has 0 aliphatic carbocycles. The predicted octanol–water partition coefficient (Wildman–Crippen LogP) is 4.46. The van der Waals surface area contributed by atoms with Gasteiger partial charge in [0, 0.05) is 26.2 Å². The van der Waals surface area contributed by atoms with E-state index in [0.29, 0.717) is 11.8 Å². The molecule has 4 atom stereocenters. The van der Waals surface area contributed by atoms with E-state index in [1.165, 1.54) is 23.1 Å². The molecule has 2 aliphatic heterocycles. The van der Waals surface area contributed by atoms with Crippen LogP contribution < -0.4 is 9.47 Å². The molecule has 0 bridgehead atoms. The number of carboxylic acids is 1. The molecule has 2 aliphatic rings. The Morgan fingerprint density at radius 3 is 2.34 bits per heavy atom. The van der Waals surface area contributed by atoms with Gasteiger partial charge in [-0.3, -0.25) is 9.80 Å². The van der Waals surface area contributed by atoms with Crippen LogP contribution in [-0.4, -0.2) is 74.0 Å². The van der Waals surface area contributed by atoms with Gasteiger partial charge in [0.2, 0.25) is 0 Å². The minimum atomic E-state index is -1.02. The average Bonchev–Trinajstić information content (AvgIpc) is 2.80. The normalized spacial score (nSPS) is 22.8. The molecule has 1 amide bonds. The predicted molar refractivity (Wildman–Crippen MR) is 134 cm³/mol. The second-order valence-corrected chi connectivity index (χ2v) is 10.8. The van der Waals surface area contributed by atoms with Gasteiger partial charge in [0.05, 0.1) is 20.8 Å². The van der Waals surface area contributed by atoms with Crippen molar-refractivity contribution in [2.45, 2.75) is 59.0 Å². The SMILES string of the molecule is COc1cc2c(cc1OC)[C@H]1C[C@@H](COC(=O)N(C)C(C(=O)O)C(C)C)[C@H](CC(C)C)CN1CC2. The Balaban J connectivity index is 1.80. The van der Waals surface area contributed by atoms with Crippen molar-refractivity contribution < 1.29 is 28.9 Å². The zero-order valence-corrected chi connectivity index (χ0v) is 22.2. The number of piperidine rings is 1. The fourth-order valence-electron chi connectivity index (χ4n) is 5.87. The highest BCUT2D eigenvalue weighted by Gasteiger charge is 2.40. The summed E-state index contributed by atoms with van der Waals surface area (Å²) < 4.78 is 16.8. The van der Waals surface area contributed by atoms with Crippen LogP contribution in [0.5, 0.6) is 11.5 Å². The fourth-order valence-corrected chi connectivity index (χ4v) is 5.87. The van der Waals surface area contributed by atoms with Gasteiger partial charge in [-0.1, -0.05) is 27.7 Å². The number of carbonyl (C=O) groups is 2. The minimum Gasteiger partial charge on any atom is -0.493 e. The second kappa shape index (κ2) is 11.5. The summed E-state index contributed by atoms with van der Waals surface area (Å²) >= 11 is 0. The Labute approximate surface area is 209 Å². The van der Waals surface area contributed by atoms with Gasteiger partial charge in [0.15, 0.2) is 11.5 Å². The maximum Gasteiger partial charge on any atom is 0.410 e. The average molecular weight is 491 g/mol. The van der Waals surface area contributed by atoms with Gasteiger partial charge in [-0.15, -0.1) is 0 Å². The van der Waals surface area contributed by atoms with Crippen LogP contribution in [0, 0.1) is 23.7 Å². The van der Waals surface area contributed by atoms with E-state index in [1.807, 2.05) is 0 Å². The van der Waals surface area contributed by atoms with Gasteiger partial charge < -0.3 is 19.3 Å². The molecule has 3 rings (SSSR count). The number of carboxylic acid groups (broad SMARTS) is 1. The van der Waals surface area contributed by atoms with Crippen molar-refractivity contribution in [3.05, 3.63) is 23.3 Å². The number of likely N-dealkylation sites (N-methyl/N-ethyl adjacent to an activating group) is 1. The van der Waals surface area contributed by atoms with E-state index in [9.17, 15) is 14.7 Å². The van der Waals surface area contributed by atoms with Crippen LogP contribution in [0.1, 0.15) is 57.7 Å². The molecular weight excluding hydrogens is 448 g/mol. The number of rotatable bonds is 9. The van der Waals surface area contributed by atoms with Crippen LogP contribution in [0.3, 0.4) is 0 Å². The number of aliphatic carboxylic acids is 1. The first kappa shape index (κ1) is 27.1. The van der Waals surface area contributed by atoms with Crippen LogP contribution in [0.25, 0.3) is 0 Å². The van der Waals surface area contributed by atoms with E-state index >= 15 is 0 Å². The van der Waals surface area contributed by atoms with Gasteiger partial charge in [-0.2, -0.15) is 0 Å². The van der Waals surface area contributed by atoms with Crippen LogP contribution in [-0.2, 0) is 16.0 Å². The molecule has 8 nitrogen and oxygen atoms in total. The highest BCUT2D eigenvalue weighted by Crippen LogP contribution is 2.45. The van der Waals surface area contributed by atoms with Crippen LogP contribution in [0.2, 0.25) is 0 Å². The molecule has 1 aromatic carbocycles. The quantitative estimate of drug-likeness (QED) is 0.547. The molecule has 0 spiro atoms. The van der Waals surface area contributed by atoms with E-state index in [-0.39, 0.29) is 24.5 Å². The summed E-state index contributed by atoms with van der Waals surface area (Å²) in [4.78, 5) is 28.2. The number of benzene rings is 1. The van der Waals surface area contributed by atoms with Crippen molar-refractivity contribution in [1.82, 2.24) is 9.80 Å². The van der Waals surface area contributed by atoms with Crippen molar-refractivity contribution in [3.8, 4) is 11.5 Å². The molecule has 196 valence electrons. The van der Waals surface area contributed by atoms with Gasteiger partial charge in [-0.25, -0.2) is 9.59 Å². The molecule has 1 N–H and O–H groups in total. The van der Waals surface area contributed by atoms with E-state index in [4.69, 9.17) is 14.2 Å². The molecule has 0 radical (unpaired) electrons. The highest BCUT2D eigenvalue weighted by atomic mass is 16.6. The molecule has 1 fully saturated rings. The van der Waals surface area contributed by atoms with Crippen molar-refractivity contribution in [3.63, 3.8) is 0 Å². The maximum absolute atomic E-state index is 12.8. The molecule has 1 aromatic rings. The summed E-state index contributed by atoms with van der Waals surface area (Å²) in [5, 5.41) is 9.55. The first-order valence-corrected chi connectivity index (χ1v) is 12.7. The Hall–Kier alpha value is -2.48. The molecule has 35 heavy (non-hydrogen) atoms. The third-order valence-corrected chi connectivity index (χ3v) is 7.56. The van der Waals surface area contributed by atoms with E-state index in [0.717, 1.165) is 43.9 Å². The Kier molecular flexibility index (Phi) is 8.91.